The fraction of sp³-hybridized carbons (Fsp3) is 1.00. The lowest BCUT2D eigenvalue weighted by atomic mass is 9.61. The molecule has 8 nitrogen and oxygen atoms in total. The third-order valence-electron chi connectivity index (χ3n) is 14.0. The van der Waals surface area contributed by atoms with Gasteiger partial charge in [0.15, 0.2) is 11.6 Å². The molecule has 4 saturated heterocycles. The van der Waals surface area contributed by atoms with E-state index in [4.69, 9.17) is 37.6 Å². The maximum absolute atomic E-state index is 7.29. The van der Waals surface area contributed by atoms with Crippen LogP contribution in [0.2, 0.25) is 10.6 Å². The lowest BCUT2D eigenvalue weighted by Crippen LogP contribution is -2.50. The molecular formula is C40H68B2O8. The van der Waals surface area contributed by atoms with Gasteiger partial charge in [0.1, 0.15) is 12.2 Å². The molecule has 4 heterocycles. The quantitative estimate of drug-likeness (QED) is 0.264. The summed E-state index contributed by atoms with van der Waals surface area (Å²) < 4.78 is 54.9. The maximum atomic E-state index is 7.29. The molecule has 0 aromatic rings. The van der Waals surface area contributed by atoms with Gasteiger partial charge in [-0.2, -0.15) is 0 Å². The predicted octanol–water partition coefficient (Wildman–Crippen LogP) is 8.90. The summed E-state index contributed by atoms with van der Waals surface area (Å²) in [5, 5.41) is -0.184. The monoisotopic (exact) mass is 699 g/mol. The first-order chi connectivity index (χ1) is 23.9. The summed E-state index contributed by atoms with van der Waals surface area (Å²) in [6.45, 7) is 14.5. The molecule has 0 aromatic heterocycles. The van der Waals surface area contributed by atoms with Crippen molar-refractivity contribution < 1.29 is 37.6 Å². The molecule has 2 spiro atoms. The maximum Gasteiger partial charge on any atom is 0.463 e. The van der Waals surface area contributed by atoms with Crippen LogP contribution in [0, 0.1) is 23.7 Å². The fourth-order valence-corrected chi connectivity index (χ4v) is 11.4. The molecule has 10 heteroatoms. The average molecular weight is 699 g/mol. The Bertz CT molecular complexity index is 1150. The molecule has 50 heavy (non-hydrogen) atoms. The minimum Gasteiger partial charge on any atom is -0.405 e. The molecule has 10 atom stereocenters. The van der Waals surface area contributed by atoms with Gasteiger partial charge in [-0.1, -0.05) is 80.1 Å². The highest BCUT2D eigenvalue weighted by molar-refractivity contribution is 6.49. The summed E-state index contributed by atoms with van der Waals surface area (Å²) in [6.07, 6.45) is 21.2. The van der Waals surface area contributed by atoms with Gasteiger partial charge < -0.3 is 37.6 Å². The Balaban J connectivity index is 0.981. The van der Waals surface area contributed by atoms with E-state index in [-0.39, 0.29) is 61.5 Å². The lowest BCUT2D eigenvalue weighted by molar-refractivity contribution is -0.244. The number of hydrogen-bond donors (Lipinski definition) is 0. The zero-order chi connectivity index (χ0) is 34.7. The van der Waals surface area contributed by atoms with E-state index >= 15 is 0 Å². The van der Waals surface area contributed by atoms with Gasteiger partial charge in [0, 0.05) is 25.2 Å². The van der Waals surface area contributed by atoms with Gasteiger partial charge in [0.2, 0.25) is 0 Å². The third kappa shape index (κ3) is 7.30. The number of hydrogen-bond acceptors (Lipinski definition) is 8. The second-order valence-electron chi connectivity index (χ2n) is 20.0. The van der Waals surface area contributed by atoms with E-state index in [1.54, 1.807) is 0 Å². The van der Waals surface area contributed by atoms with E-state index in [0.29, 0.717) is 36.9 Å². The minimum atomic E-state index is -0.551. The topological polar surface area (TPSA) is 73.8 Å². The molecule has 0 N–H and O–H groups in total. The van der Waals surface area contributed by atoms with Crippen molar-refractivity contribution in [2.75, 3.05) is 13.2 Å². The van der Waals surface area contributed by atoms with E-state index in [1.165, 1.54) is 77.0 Å². The number of rotatable bonds is 5. The summed E-state index contributed by atoms with van der Waals surface area (Å²) in [7, 11) is -0.447. The SMILES string of the molecule is CC(C)(C)B1O[C@@H]([C@H]2COC3(CCCCC3)O2)[C@H]([C@H]2COC3(CCCCC3C3CCCC([C@H]4OB(C(C)(C)C)O[C@@H]4C4CCCCC4)C3)O2)O1. The van der Waals surface area contributed by atoms with Gasteiger partial charge >= 0.3 is 14.2 Å². The van der Waals surface area contributed by atoms with Crippen LogP contribution in [0.15, 0.2) is 0 Å². The normalized spacial score (nSPS) is 43.4. The van der Waals surface area contributed by atoms with Gasteiger partial charge in [-0.15, -0.1) is 0 Å². The van der Waals surface area contributed by atoms with Crippen LogP contribution in [0.3, 0.4) is 0 Å². The van der Waals surface area contributed by atoms with E-state index < -0.39 is 11.6 Å². The van der Waals surface area contributed by atoms with Crippen molar-refractivity contribution in [2.24, 2.45) is 23.7 Å². The van der Waals surface area contributed by atoms with E-state index in [1.807, 2.05) is 0 Å². The summed E-state index contributed by atoms with van der Waals surface area (Å²) in [6, 6.07) is 0. The van der Waals surface area contributed by atoms with Crippen molar-refractivity contribution in [3.8, 4) is 0 Å². The van der Waals surface area contributed by atoms with Crippen LogP contribution in [-0.4, -0.2) is 75.6 Å². The van der Waals surface area contributed by atoms with Crippen molar-refractivity contribution in [1.82, 2.24) is 0 Å². The Kier molecular flexibility index (Phi) is 10.6. The Morgan fingerprint density at radius 2 is 1.00 bits per heavy atom. The summed E-state index contributed by atoms with van der Waals surface area (Å²) in [5.74, 6) is 1.10. The van der Waals surface area contributed by atoms with Crippen molar-refractivity contribution in [3.63, 3.8) is 0 Å². The molecule has 8 aliphatic rings. The van der Waals surface area contributed by atoms with Crippen molar-refractivity contribution in [2.45, 2.75) is 216 Å². The van der Waals surface area contributed by atoms with Crippen LogP contribution < -0.4 is 0 Å². The average Bonchev–Trinajstić information content (AvgIpc) is 3.91. The summed E-state index contributed by atoms with van der Waals surface area (Å²) in [5.41, 5.74) is 0. The second-order valence-corrected chi connectivity index (χ2v) is 20.0. The Morgan fingerprint density at radius 1 is 0.480 bits per heavy atom. The van der Waals surface area contributed by atoms with Crippen LogP contribution in [0.25, 0.3) is 0 Å². The summed E-state index contributed by atoms with van der Waals surface area (Å²) in [4.78, 5) is 0. The van der Waals surface area contributed by atoms with Crippen LogP contribution in [-0.2, 0) is 37.6 Å². The lowest BCUT2D eigenvalue weighted by Gasteiger charge is -2.47. The minimum absolute atomic E-state index is 0.0216. The first-order valence-corrected chi connectivity index (χ1v) is 21.2. The molecule has 282 valence electrons. The first kappa shape index (κ1) is 36.8. The van der Waals surface area contributed by atoms with Gasteiger partial charge in [-0.05, 0) is 86.2 Å². The smallest absolute Gasteiger partial charge is 0.405 e. The highest BCUT2D eigenvalue weighted by atomic mass is 16.8. The molecule has 4 saturated carbocycles. The molecule has 0 radical (unpaired) electrons. The molecule has 0 aromatic carbocycles. The molecular weight excluding hydrogens is 630 g/mol. The van der Waals surface area contributed by atoms with Crippen LogP contribution in [0.5, 0.6) is 0 Å². The van der Waals surface area contributed by atoms with Gasteiger partial charge in [-0.25, -0.2) is 0 Å². The molecule has 0 amide bonds. The van der Waals surface area contributed by atoms with Crippen LogP contribution >= 0.6 is 0 Å². The standard InChI is InChI=1S/C40H68B2O8/c1-37(2,3)41-47-33(27-16-9-7-10-17-27)34(48-41)29-19-15-18-28(24-29)30-20-11-14-23-40(30)44-26-32(46-40)36-35(49-42(50-36)38(4,5)6)31-25-43-39(45-31)21-12-8-13-22-39/h27-36H,7-26H2,1-6H3/t28?,29?,30?,31-,32-,33-,34-,35+,36+,40?/m1/s1. The highest BCUT2D eigenvalue weighted by Crippen LogP contribution is 2.54. The molecule has 4 aliphatic carbocycles. The predicted molar refractivity (Wildman–Crippen MR) is 195 cm³/mol. The van der Waals surface area contributed by atoms with Gasteiger partial charge in [-0.3, -0.25) is 0 Å². The van der Waals surface area contributed by atoms with Crippen LogP contribution in [0.4, 0.5) is 0 Å². The number of ether oxygens (including phenoxy) is 4. The van der Waals surface area contributed by atoms with E-state index in [9.17, 15) is 0 Å². The molecule has 0 bridgehead atoms. The zero-order valence-electron chi connectivity index (χ0n) is 32.3. The van der Waals surface area contributed by atoms with Crippen molar-refractivity contribution in [1.29, 1.82) is 0 Å². The van der Waals surface area contributed by atoms with Gasteiger partial charge in [0.25, 0.3) is 0 Å². The first-order valence-electron chi connectivity index (χ1n) is 21.2. The molecule has 4 unspecified atom stereocenters. The van der Waals surface area contributed by atoms with Crippen molar-refractivity contribution >= 4 is 14.2 Å². The van der Waals surface area contributed by atoms with Gasteiger partial charge in [0.05, 0.1) is 37.6 Å². The van der Waals surface area contributed by atoms with E-state index in [0.717, 1.165) is 38.5 Å². The summed E-state index contributed by atoms with van der Waals surface area (Å²) >= 11 is 0. The highest BCUT2D eigenvalue weighted by Gasteiger charge is 2.61. The fourth-order valence-electron chi connectivity index (χ4n) is 11.4. The molecule has 8 fully saturated rings. The third-order valence-corrected chi connectivity index (χ3v) is 14.0. The second kappa shape index (κ2) is 14.5. The molecule has 8 rings (SSSR count). The largest absolute Gasteiger partial charge is 0.463 e. The van der Waals surface area contributed by atoms with E-state index in [2.05, 4.69) is 41.5 Å². The van der Waals surface area contributed by atoms with Crippen molar-refractivity contribution in [3.05, 3.63) is 0 Å². The Morgan fingerprint density at radius 3 is 1.68 bits per heavy atom. The van der Waals surface area contributed by atoms with Crippen LogP contribution in [0.1, 0.15) is 157 Å². The molecule has 4 aliphatic heterocycles. The Labute approximate surface area is 304 Å². The Hall–Kier alpha value is -0.190. The zero-order valence-corrected chi connectivity index (χ0v) is 32.3.